The van der Waals surface area contributed by atoms with Crippen molar-refractivity contribution in [3.63, 3.8) is 0 Å². The maximum Gasteiger partial charge on any atom is 0.0802 e. The molecule has 72 valence electrons. The van der Waals surface area contributed by atoms with Gasteiger partial charge in [-0.1, -0.05) is 0 Å². The summed E-state index contributed by atoms with van der Waals surface area (Å²) in [5.74, 6) is 0.0494. The zero-order valence-corrected chi connectivity index (χ0v) is 7.06. The van der Waals surface area contributed by atoms with Gasteiger partial charge in [-0.2, -0.15) is 0 Å². The third-order valence-electron chi connectivity index (χ3n) is 2.61. The van der Waals surface area contributed by atoms with Gasteiger partial charge in [-0.15, -0.1) is 0 Å². The molecule has 1 fully saturated rings. The van der Waals surface area contributed by atoms with Crippen molar-refractivity contribution in [2.45, 2.75) is 37.6 Å². The van der Waals surface area contributed by atoms with Gasteiger partial charge in [0.25, 0.3) is 0 Å². The second kappa shape index (κ2) is 4.18. The molecule has 4 unspecified atom stereocenters. The SMILES string of the molecule is NCC(O)C1CCC(O)C(O)C1. The van der Waals surface area contributed by atoms with Crippen LogP contribution in [0.15, 0.2) is 0 Å². The standard InChI is InChI=1S/C8H17NO3/c9-4-8(12)5-1-2-6(10)7(11)3-5/h5-8,10-12H,1-4,9H2. The van der Waals surface area contributed by atoms with E-state index in [1.54, 1.807) is 0 Å². The summed E-state index contributed by atoms with van der Waals surface area (Å²) in [7, 11) is 0. The smallest absolute Gasteiger partial charge is 0.0802 e. The summed E-state index contributed by atoms with van der Waals surface area (Å²) in [6.07, 6.45) is -0.0812. The summed E-state index contributed by atoms with van der Waals surface area (Å²) in [5, 5.41) is 27.8. The topological polar surface area (TPSA) is 86.7 Å². The Balaban J connectivity index is 2.39. The Kier molecular flexibility index (Phi) is 3.46. The average molecular weight is 175 g/mol. The molecular weight excluding hydrogens is 158 g/mol. The van der Waals surface area contributed by atoms with E-state index in [0.29, 0.717) is 12.8 Å². The van der Waals surface area contributed by atoms with Crippen molar-refractivity contribution < 1.29 is 15.3 Å². The monoisotopic (exact) mass is 175 g/mol. The summed E-state index contributed by atoms with van der Waals surface area (Å²) in [4.78, 5) is 0. The molecule has 0 aliphatic heterocycles. The highest BCUT2D eigenvalue weighted by Crippen LogP contribution is 2.26. The normalized spacial score (nSPS) is 39.5. The first-order valence-electron chi connectivity index (χ1n) is 4.39. The Morgan fingerprint density at radius 3 is 2.42 bits per heavy atom. The van der Waals surface area contributed by atoms with Gasteiger partial charge in [0.05, 0.1) is 18.3 Å². The number of aliphatic hydroxyl groups is 3. The zero-order chi connectivity index (χ0) is 9.14. The fourth-order valence-electron chi connectivity index (χ4n) is 1.70. The maximum atomic E-state index is 9.37. The van der Waals surface area contributed by atoms with Crippen LogP contribution in [0.3, 0.4) is 0 Å². The largest absolute Gasteiger partial charge is 0.392 e. The Morgan fingerprint density at radius 1 is 1.25 bits per heavy atom. The van der Waals surface area contributed by atoms with E-state index in [9.17, 15) is 15.3 Å². The summed E-state index contributed by atoms with van der Waals surface area (Å²) >= 11 is 0. The number of hydrogen-bond acceptors (Lipinski definition) is 4. The molecule has 4 heteroatoms. The third kappa shape index (κ3) is 2.17. The molecule has 4 atom stereocenters. The van der Waals surface area contributed by atoms with Gasteiger partial charge >= 0.3 is 0 Å². The quantitative estimate of drug-likeness (QED) is 0.426. The average Bonchev–Trinajstić information content (AvgIpc) is 2.08. The molecule has 5 N–H and O–H groups in total. The van der Waals surface area contributed by atoms with E-state index in [-0.39, 0.29) is 12.5 Å². The van der Waals surface area contributed by atoms with E-state index in [1.165, 1.54) is 0 Å². The van der Waals surface area contributed by atoms with Crippen molar-refractivity contribution in [1.82, 2.24) is 0 Å². The van der Waals surface area contributed by atoms with Crippen LogP contribution >= 0.6 is 0 Å². The van der Waals surface area contributed by atoms with Gasteiger partial charge in [0.1, 0.15) is 0 Å². The number of nitrogens with two attached hydrogens (primary N) is 1. The Morgan fingerprint density at radius 2 is 1.92 bits per heavy atom. The molecule has 0 saturated heterocycles. The molecule has 0 bridgehead atoms. The van der Waals surface area contributed by atoms with E-state index in [1.807, 2.05) is 0 Å². The number of rotatable bonds is 2. The van der Waals surface area contributed by atoms with Gasteiger partial charge < -0.3 is 21.1 Å². The van der Waals surface area contributed by atoms with E-state index < -0.39 is 18.3 Å². The van der Waals surface area contributed by atoms with E-state index in [2.05, 4.69) is 0 Å². The number of hydrogen-bond donors (Lipinski definition) is 4. The van der Waals surface area contributed by atoms with Gasteiger partial charge in [-0.3, -0.25) is 0 Å². The minimum atomic E-state index is -0.690. The van der Waals surface area contributed by atoms with Crippen LogP contribution in [0.5, 0.6) is 0 Å². The van der Waals surface area contributed by atoms with Crippen LogP contribution in [-0.4, -0.2) is 40.2 Å². The van der Waals surface area contributed by atoms with E-state index in [0.717, 1.165) is 6.42 Å². The van der Waals surface area contributed by atoms with Crippen LogP contribution in [0, 0.1) is 5.92 Å². The summed E-state index contributed by atoms with van der Waals surface area (Å²) in [6, 6.07) is 0. The molecular formula is C8H17NO3. The highest BCUT2D eigenvalue weighted by Gasteiger charge is 2.30. The molecule has 0 aromatic rings. The molecule has 1 aliphatic rings. The second-order valence-electron chi connectivity index (χ2n) is 3.51. The number of aliphatic hydroxyl groups excluding tert-OH is 3. The van der Waals surface area contributed by atoms with Crippen molar-refractivity contribution in [1.29, 1.82) is 0 Å². The molecule has 0 heterocycles. The van der Waals surface area contributed by atoms with Crippen LogP contribution in [0.2, 0.25) is 0 Å². The van der Waals surface area contributed by atoms with Crippen LogP contribution < -0.4 is 5.73 Å². The molecule has 0 amide bonds. The molecule has 0 aromatic heterocycles. The van der Waals surface area contributed by atoms with Crippen LogP contribution in [-0.2, 0) is 0 Å². The van der Waals surface area contributed by atoms with Gasteiger partial charge in [-0.25, -0.2) is 0 Å². The summed E-state index contributed by atoms with van der Waals surface area (Å²) in [5.41, 5.74) is 5.29. The highest BCUT2D eigenvalue weighted by atomic mass is 16.3. The zero-order valence-electron chi connectivity index (χ0n) is 7.06. The van der Waals surface area contributed by atoms with Crippen LogP contribution in [0.4, 0.5) is 0 Å². The lowest BCUT2D eigenvalue weighted by atomic mass is 9.82. The first-order valence-corrected chi connectivity index (χ1v) is 4.39. The van der Waals surface area contributed by atoms with Crippen LogP contribution in [0.25, 0.3) is 0 Å². The predicted octanol–water partition coefficient (Wildman–Crippen LogP) is -1.17. The van der Waals surface area contributed by atoms with E-state index >= 15 is 0 Å². The molecule has 0 spiro atoms. The second-order valence-corrected chi connectivity index (χ2v) is 3.51. The summed E-state index contributed by atoms with van der Waals surface area (Å²) in [6.45, 7) is 0.230. The summed E-state index contributed by atoms with van der Waals surface area (Å²) < 4.78 is 0. The first-order chi connectivity index (χ1) is 5.65. The van der Waals surface area contributed by atoms with Crippen LogP contribution in [0.1, 0.15) is 19.3 Å². The van der Waals surface area contributed by atoms with Crippen molar-refractivity contribution >= 4 is 0 Å². The van der Waals surface area contributed by atoms with Gasteiger partial charge in [0.15, 0.2) is 0 Å². The molecule has 0 radical (unpaired) electrons. The fourth-order valence-corrected chi connectivity index (χ4v) is 1.70. The Bertz CT molecular complexity index is 142. The van der Waals surface area contributed by atoms with Crippen molar-refractivity contribution in [3.05, 3.63) is 0 Å². The lowest BCUT2D eigenvalue weighted by molar-refractivity contribution is -0.0477. The third-order valence-corrected chi connectivity index (χ3v) is 2.61. The predicted molar refractivity (Wildman–Crippen MR) is 44.4 cm³/mol. The minimum absolute atomic E-state index is 0.0494. The molecule has 1 saturated carbocycles. The minimum Gasteiger partial charge on any atom is -0.392 e. The van der Waals surface area contributed by atoms with Gasteiger partial charge in [-0.05, 0) is 25.2 Å². The van der Waals surface area contributed by atoms with Crippen molar-refractivity contribution in [2.24, 2.45) is 11.7 Å². The molecule has 1 aliphatic carbocycles. The molecule has 12 heavy (non-hydrogen) atoms. The van der Waals surface area contributed by atoms with Gasteiger partial charge in [0.2, 0.25) is 0 Å². The molecule has 4 nitrogen and oxygen atoms in total. The van der Waals surface area contributed by atoms with E-state index in [4.69, 9.17) is 5.73 Å². The molecule has 1 rings (SSSR count). The lowest BCUT2D eigenvalue weighted by Gasteiger charge is -2.32. The van der Waals surface area contributed by atoms with Crippen molar-refractivity contribution in [3.8, 4) is 0 Å². The van der Waals surface area contributed by atoms with Gasteiger partial charge in [0, 0.05) is 6.54 Å². The Hall–Kier alpha value is -0.160. The lowest BCUT2D eigenvalue weighted by Crippen LogP contribution is -2.40. The first kappa shape index (κ1) is 9.92. The Labute approximate surface area is 72.0 Å². The highest BCUT2D eigenvalue weighted by molar-refractivity contribution is 4.82. The fraction of sp³-hybridized carbons (Fsp3) is 1.00. The maximum absolute atomic E-state index is 9.37. The van der Waals surface area contributed by atoms with Crippen molar-refractivity contribution in [2.75, 3.05) is 6.54 Å². The molecule has 0 aromatic carbocycles.